The normalized spacial score (nSPS) is 18.5. The van der Waals surface area contributed by atoms with Crippen molar-refractivity contribution in [2.24, 2.45) is 0 Å². The first-order valence-corrected chi connectivity index (χ1v) is 8.47. The molecule has 0 atom stereocenters. The quantitative estimate of drug-likeness (QED) is 0.691. The van der Waals surface area contributed by atoms with E-state index in [4.69, 9.17) is 4.74 Å². The summed E-state index contributed by atoms with van der Waals surface area (Å²) in [5.74, 6) is 0.312. The minimum atomic E-state index is -0.0970. The van der Waals surface area contributed by atoms with E-state index in [2.05, 4.69) is 10.6 Å². The Bertz CT molecular complexity index is 573. The number of benzene rings is 1. The van der Waals surface area contributed by atoms with Crippen LogP contribution in [0.5, 0.6) is 0 Å². The topological polar surface area (TPSA) is 71.9 Å². The van der Waals surface area contributed by atoms with Gasteiger partial charge in [0.05, 0.1) is 37.7 Å². The third kappa shape index (κ3) is 3.79. The molecular weight excluding hydrogens is 302 g/mol. The molecule has 0 radical (unpaired) electrons. The van der Waals surface area contributed by atoms with Crippen LogP contribution in [-0.2, 0) is 9.53 Å². The molecule has 22 heavy (non-hydrogen) atoms. The van der Waals surface area contributed by atoms with E-state index in [1.54, 1.807) is 12.1 Å². The number of rotatable bonds is 4. The predicted octanol–water partition coefficient (Wildman–Crippen LogP) is -0.624. The Hall–Kier alpha value is -1.57. The molecule has 0 saturated carbocycles. The van der Waals surface area contributed by atoms with Crippen LogP contribution in [0.4, 0.5) is 5.69 Å². The largest absolute Gasteiger partial charge is 0.370 e. The number of quaternary nitrogens is 1. The first-order chi connectivity index (χ1) is 10.7. The van der Waals surface area contributed by atoms with Crippen molar-refractivity contribution in [2.45, 2.75) is 4.90 Å². The second-order valence-corrected chi connectivity index (χ2v) is 6.43. The number of hydrogen-bond acceptors (Lipinski definition) is 4. The Morgan fingerprint density at radius 3 is 3.00 bits per heavy atom. The van der Waals surface area contributed by atoms with Gasteiger partial charge in [0.15, 0.2) is 0 Å². The standard InChI is InChI=1S/C15H19N3O3S/c19-14-10-22-13-2-1-11(9-12(13)17-14)15(20)16-3-4-18-5-7-21-8-6-18/h1-2,9H,3-8,10H2,(H,16,20)(H,17,19)/p+1. The van der Waals surface area contributed by atoms with Crippen LogP contribution in [0.3, 0.4) is 0 Å². The SMILES string of the molecule is O=C1CSc2ccc(C(=O)NCC[NH+]3CCOCC3)cc2N1. The number of morpholine rings is 1. The zero-order valence-electron chi connectivity index (χ0n) is 12.3. The molecule has 2 aliphatic heterocycles. The summed E-state index contributed by atoms with van der Waals surface area (Å²) in [4.78, 5) is 26.1. The van der Waals surface area contributed by atoms with Gasteiger partial charge >= 0.3 is 0 Å². The molecule has 2 heterocycles. The lowest BCUT2D eigenvalue weighted by Gasteiger charge is -2.23. The fraction of sp³-hybridized carbons (Fsp3) is 0.467. The summed E-state index contributed by atoms with van der Waals surface area (Å²) >= 11 is 1.49. The fourth-order valence-electron chi connectivity index (χ4n) is 2.59. The number of carbonyl (C=O) groups excluding carboxylic acids is 2. The van der Waals surface area contributed by atoms with E-state index in [-0.39, 0.29) is 11.8 Å². The molecule has 6 nitrogen and oxygen atoms in total. The zero-order valence-corrected chi connectivity index (χ0v) is 13.1. The van der Waals surface area contributed by atoms with Gasteiger partial charge in [0, 0.05) is 10.5 Å². The molecule has 0 aromatic heterocycles. The summed E-state index contributed by atoms with van der Waals surface area (Å²) in [6.45, 7) is 5.14. The van der Waals surface area contributed by atoms with Crippen molar-refractivity contribution in [3.63, 3.8) is 0 Å². The Balaban J connectivity index is 1.53. The van der Waals surface area contributed by atoms with Crippen molar-refractivity contribution in [3.8, 4) is 0 Å². The molecule has 1 fully saturated rings. The monoisotopic (exact) mass is 322 g/mol. The summed E-state index contributed by atoms with van der Waals surface area (Å²) in [5, 5.41) is 5.75. The third-order valence-electron chi connectivity index (χ3n) is 3.84. The number of nitrogens with one attached hydrogen (secondary N) is 3. The number of hydrogen-bond donors (Lipinski definition) is 3. The van der Waals surface area contributed by atoms with Crippen molar-refractivity contribution in [1.82, 2.24) is 5.32 Å². The van der Waals surface area contributed by atoms with Gasteiger partial charge in [-0.1, -0.05) is 0 Å². The number of ether oxygens (including phenoxy) is 1. The third-order valence-corrected chi connectivity index (χ3v) is 4.91. The van der Waals surface area contributed by atoms with Gasteiger partial charge in [-0.3, -0.25) is 9.59 Å². The lowest BCUT2D eigenvalue weighted by molar-refractivity contribution is -0.906. The van der Waals surface area contributed by atoms with E-state index in [1.807, 2.05) is 6.07 Å². The van der Waals surface area contributed by atoms with Crippen molar-refractivity contribution >= 4 is 29.3 Å². The number of thioether (sulfide) groups is 1. The van der Waals surface area contributed by atoms with Crippen LogP contribution >= 0.6 is 11.8 Å². The molecule has 1 aromatic carbocycles. The Labute approximate surface area is 133 Å². The van der Waals surface area contributed by atoms with Crippen LogP contribution in [0, 0.1) is 0 Å². The van der Waals surface area contributed by atoms with Gasteiger partial charge in [-0.25, -0.2) is 0 Å². The second-order valence-electron chi connectivity index (χ2n) is 5.42. The molecule has 118 valence electrons. The number of carbonyl (C=O) groups is 2. The average molecular weight is 322 g/mol. The summed E-state index contributed by atoms with van der Waals surface area (Å²) in [6, 6.07) is 5.44. The molecule has 7 heteroatoms. The smallest absolute Gasteiger partial charge is 0.251 e. The summed E-state index contributed by atoms with van der Waals surface area (Å²) < 4.78 is 5.31. The van der Waals surface area contributed by atoms with E-state index in [0.29, 0.717) is 17.9 Å². The maximum absolute atomic E-state index is 12.2. The second kappa shape index (κ2) is 7.13. The first kappa shape index (κ1) is 15.3. The van der Waals surface area contributed by atoms with Gasteiger partial charge in [-0.05, 0) is 18.2 Å². The number of amides is 2. The van der Waals surface area contributed by atoms with Crippen LogP contribution in [0.2, 0.25) is 0 Å². The minimum absolute atomic E-state index is 0.0222. The van der Waals surface area contributed by atoms with Gasteiger partial charge in [0.25, 0.3) is 5.91 Å². The van der Waals surface area contributed by atoms with E-state index in [9.17, 15) is 9.59 Å². The summed E-state index contributed by atoms with van der Waals surface area (Å²) in [5.41, 5.74) is 1.31. The van der Waals surface area contributed by atoms with Crippen LogP contribution in [0.1, 0.15) is 10.4 Å². The summed E-state index contributed by atoms with van der Waals surface area (Å²) in [6.07, 6.45) is 0. The Morgan fingerprint density at radius 1 is 1.36 bits per heavy atom. The molecular formula is C15H20N3O3S+. The average Bonchev–Trinajstić information content (AvgIpc) is 2.55. The highest BCUT2D eigenvalue weighted by molar-refractivity contribution is 8.00. The van der Waals surface area contributed by atoms with Gasteiger partial charge in [0.2, 0.25) is 5.91 Å². The highest BCUT2D eigenvalue weighted by Gasteiger charge is 2.18. The van der Waals surface area contributed by atoms with Crippen LogP contribution in [-0.4, -0.2) is 57.0 Å². The highest BCUT2D eigenvalue weighted by Crippen LogP contribution is 2.31. The maximum atomic E-state index is 12.2. The maximum Gasteiger partial charge on any atom is 0.251 e. The van der Waals surface area contributed by atoms with Gasteiger partial charge in [-0.2, -0.15) is 0 Å². The lowest BCUT2D eigenvalue weighted by atomic mass is 10.2. The Kier molecular flexibility index (Phi) is 4.97. The Morgan fingerprint density at radius 2 is 2.18 bits per heavy atom. The van der Waals surface area contributed by atoms with Crippen LogP contribution in [0.25, 0.3) is 0 Å². The highest BCUT2D eigenvalue weighted by atomic mass is 32.2. The minimum Gasteiger partial charge on any atom is -0.370 e. The van der Waals surface area contributed by atoms with Crippen molar-refractivity contribution in [2.75, 3.05) is 50.5 Å². The molecule has 2 amide bonds. The van der Waals surface area contributed by atoms with Crippen molar-refractivity contribution in [1.29, 1.82) is 0 Å². The summed E-state index contributed by atoms with van der Waals surface area (Å²) in [7, 11) is 0. The van der Waals surface area contributed by atoms with E-state index < -0.39 is 0 Å². The van der Waals surface area contributed by atoms with E-state index >= 15 is 0 Å². The van der Waals surface area contributed by atoms with E-state index in [1.165, 1.54) is 16.7 Å². The predicted molar refractivity (Wildman–Crippen MR) is 84.5 cm³/mol. The molecule has 1 saturated heterocycles. The molecule has 1 aromatic rings. The molecule has 3 N–H and O–H groups in total. The first-order valence-electron chi connectivity index (χ1n) is 7.48. The lowest BCUT2D eigenvalue weighted by Crippen LogP contribution is -3.14. The fourth-order valence-corrected chi connectivity index (χ4v) is 3.38. The van der Waals surface area contributed by atoms with Gasteiger partial charge in [-0.15, -0.1) is 11.8 Å². The van der Waals surface area contributed by atoms with Crippen molar-refractivity contribution < 1.29 is 19.2 Å². The zero-order chi connectivity index (χ0) is 15.4. The molecule has 3 rings (SSSR count). The van der Waals surface area contributed by atoms with Crippen LogP contribution < -0.4 is 15.5 Å². The van der Waals surface area contributed by atoms with Crippen molar-refractivity contribution in [3.05, 3.63) is 23.8 Å². The molecule has 0 unspecified atom stereocenters. The van der Waals surface area contributed by atoms with Gasteiger partial charge < -0.3 is 20.3 Å². The number of anilines is 1. The molecule has 2 aliphatic rings. The van der Waals surface area contributed by atoms with E-state index in [0.717, 1.165) is 43.4 Å². The number of fused-ring (bicyclic) bond motifs is 1. The molecule has 0 bridgehead atoms. The van der Waals surface area contributed by atoms with Gasteiger partial charge in [0.1, 0.15) is 13.1 Å². The molecule has 0 aliphatic carbocycles. The van der Waals surface area contributed by atoms with Crippen LogP contribution in [0.15, 0.2) is 23.1 Å². The molecule has 0 spiro atoms.